The van der Waals surface area contributed by atoms with E-state index in [1.807, 2.05) is 20.8 Å². The molecule has 2 aromatic rings. The second-order valence-electron chi connectivity index (χ2n) is 9.24. The van der Waals surface area contributed by atoms with Gasteiger partial charge in [-0.1, -0.05) is 17.7 Å². The molecule has 1 atom stereocenters. The van der Waals surface area contributed by atoms with Gasteiger partial charge in [0.2, 0.25) is 22.7 Å². The molecule has 0 spiro atoms. The molecule has 2 aliphatic heterocycles. The minimum Gasteiger partial charge on any atom is -0.454 e. The number of hydrogen-bond donors (Lipinski definition) is 2. The van der Waals surface area contributed by atoms with Crippen LogP contribution in [-0.2, 0) is 14.8 Å². The molecule has 1 saturated heterocycles. The van der Waals surface area contributed by atoms with E-state index >= 15 is 0 Å². The molecule has 2 aliphatic rings. The van der Waals surface area contributed by atoms with Crippen LogP contribution in [0.5, 0.6) is 11.5 Å². The van der Waals surface area contributed by atoms with Crippen LogP contribution in [0, 0.1) is 12.8 Å². The van der Waals surface area contributed by atoms with Gasteiger partial charge in [-0.3, -0.25) is 9.59 Å². The van der Waals surface area contributed by atoms with Crippen LogP contribution in [0.3, 0.4) is 0 Å². The highest BCUT2D eigenvalue weighted by Gasteiger charge is 2.36. The molecule has 2 aromatic carbocycles. The van der Waals surface area contributed by atoms with Gasteiger partial charge in [-0.15, -0.1) is 0 Å². The maximum atomic E-state index is 13.1. The maximum absolute atomic E-state index is 13.1. The van der Waals surface area contributed by atoms with Crippen LogP contribution >= 0.6 is 0 Å². The van der Waals surface area contributed by atoms with Gasteiger partial charge in [0.25, 0.3) is 5.91 Å². The topological polar surface area (TPSA) is 114 Å². The Kier molecular flexibility index (Phi) is 7.32. The van der Waals surface area contributed by atoms with Crippen LogP contribution in [0.2, 0.25) is 0 Å². The van der Waals surface area contributed by atoms with Gasteiger partial charge in [0.05, 0.1) is 4.90 Å². The number of sulfonamides is 1. The highest BCUT2D eigenvalue weighted by molar-refractivity contribution is 7.89. The van der Waals surface area contributed by atoms with Crippen molar-refractivity contribution in [2.75, 3.05) is 19.9 Å². The maximum Gasteiger partial charge on any atom is 0.252 e. The van der Waals surface area contributed by atoms with E-state index in [-0.39, 0.29) is 42.6 Å². The first-order valence-electron chi connectivity index (χ1n) is 11.7. The zero-order valence-electron chi connectivity index (χ0n) is 20.1. The predicted molar refractivity (Wildman–Crippen MR) is 130 cm³/mol. The fourth-order valence-electron chi connectivity index (χ4n) is 4.34. The highest BCUT2D eigenvalue weighted by atomic mass is 32.2. The van der Waals surface area contributed by atoms with Gasteiger partial charge in [0.1, 0.15) is 6.04 Å². The fourth-order valence-corrected chi connectivity index (χ4v) is 5.81. The largest absolute Gasteiger partial charge is 0.454 e. The Bertz CT molecular complexity index is 1190. The van der Waals surface area contributed by atoms with Crippen molar-refractivity contribution in [3.63, 3.8) is 0 Å². The molecule has 188 valence electrons. The van der Waals surface area contributed by atoms with Crippen molar-refractivity contribution >= 4 is 21.8 Å². The van der Waals surface area contributed by atoms with Gasteiger partial charge in [-0.05, 0) is 69.9 Å². The average molecular weight is 502 g/mol. The van der Waals surface area contributed by atoms with Crippen molar-refractivity contribution in [2.45, 2.75) is 50.6 Å². The summed E-state index contributed by atoms with van der Waals surface area (Å²) >= 11 is 0. The molecule has 2 amide bonds. The van der Waals surface area contributed by atoms with Crippen molar-refractivity contribution in [1.82, 2.24) is 14.9 Å². The van der Waals surface area contributed by atoms with Gasteiger partial charge >= 0.3 is 0 Å². The van der Waals surface area contributed by atoms with Gasteiger partial charge in [-0.25, -0.2) is 8.42 Å². The molecule has 9 nitrogen and oxygen atoms in total. The number of amides is 2. The van der Waals surface area contributed by atoms with E-state index in [9.17, 15) is 18.0 Å². The van der Waals surface area contributed by atoms with Crippen molar-refractivity contribution in [3.05, 3.63) is 53.6 Å². The number of carbonyl (C=O) groups is 2. The summed E-state index contributed by atoms with van der Waals surface area (Å²) in [4.78, 5) is 26.3. The SMILES string of the molecule is Cc1ccc(S(=O)(=O)N2CCC(C(NC(=O)c3ccc4c(c3)OCO4)C(=O)NC(C)C)CC2)cc1. The van der Waals surface area contributed by atoms with E-state index < -0.39 is 22.0 Å². The van der Waals surface area contributed by atoms with Crippen LogP contribution in [0.4, 0.5) is 0 Å². The Labute approximate surface area is 205 Å². The number of nitrogens with zero attached hydrogens (tertiary/aromatic N) is 1. The number of ether oxygens (including phenoxy) is 2. The van der Waals surface area contributed by atoms with Crippen LogP contribution in [-0.4, -0.2) is 56.5 Å². The summed E-state index contributed by atoms with van der Waals surface area (Å²) in [5, 5.41) is 5.76. The van der Waals surface area contributed by atoms with Gasteiger partial charge in [-0.2, -0.15) is 4.31 Å². The quantitative estimate of drug-likeness (QED) is 0.603. The van der Waals surface area contributed by atoms with Crippen LogP contribution in [0.1, 0.15) is 42.6 Å². The molecule has 2 heterocycles. The summed E-state index contributed by atoms with van der Waals surface area (Å²) in [6.45, 7) is 6.25. The molecule has 0 saturated carbocycles. The van der Waals surface area contributed by atoms with Gasteiger partial charge < -0.3 is 20.1 Å². The molecule has 35 heavy (non-hydrogen) atoms. The third kappa shape index (κ3) is 5.59. The highest BCUT2D eigenvalue weighted by Crippen LogP contribution is 2.33. The van der Waals surface area contributed by atoms with Crippen molar-refractivity contribution in [3.8, 4) is 11.5 Å². The van der Waals surface area contributed by atoms with Gasteiger partial charge in [0.15, 0.2) is 11.5 Å². The van der Waals surface area contributed by atoms with E-state index in [0.717, 1.165) is 5.56 Å². The Hall–Kier alpha value is -3.11. The summed E-state index contributed by atoms with van der Waals surface area (Å²) < 4.78 is 38.2. The van der Waals surface area contributed by atoms with Crippen molar-refractivity contribution in [1.29, 1.82) is 0 Å². The Morgan fingerprint density at radius 1 is 0.971 bits per heavy atom. The summed E-state index contributed by atoms with van der Waals surface area (Å²) in [5.41, 5.74) is 1.34. The number of rotatable bonds is 7. The third-order valence-corrected chi connectivity index (χ3v) is 8.18. The number of nitrogens with one attached hydrogen (secondary N) is 2. The molecular formula is C25H31N3O6S. The lowest BCUT2D eigenvalue weighted by Crippen LogP contribution is -2.54. The zero-order valence-corrected chi connectivity index (χ0v) is 20.9. The van der Waals surface area contributed by atoms with Crippen LogP contribution < -0.4 is 20.1 Å². The molecular weight excluding hydrogens is 470 g/mol. The van der Waals surface area contributed by atoms with Gasteiger partial charge in [0, 0.05) is 24.7 Å². The molecule has 10 heteroatoms. The molecule has 2 N–H and O–H groups in total. The second kappa shape index (κ2) is 10.2. The predicted octanol–water partition coefficient (Wildman–Crippen LogP) is 2.45. The second-order valence-corrected chi connectivity index (χ2v) is 11.2. The number of aryl methyl sites for hydroxylation is 1. The summed E-state index contributed by atoms with van der Waals surface area (Å²) in [6, 6.07) is 10.8. The third-order valence-electron chi connectivity index (χ3n) is 6.26. The smallest absolute Gasteiger partial charge is 0.252 e. The number of carbonyl (C=O) groups excluding carboxylic acids is 2. The molecule has 4 rings (SSSR count). The molecule has 0 bridgehead atoms. The molecule has 0 aromatic heterocycles. The number of piperidine rings is 1. The lowest BCUT2D eigenvalue weighted by molar-refractivity contribution is -0.125. The number of fused-ring (bicyclic) bond motifs is 1. The molecule has 0 radical (unpaired) electrons. The minimum atomic E-state index is -3.62. The standard InChI is InChI=1S/C25H31N3O6S/c1-16(2)26-25(30)23(27-24(29)19-6-9-21-22(14-19)34-15-33-21)18-10-12-28(13-11-18)35(31,32)20-7-4-17(3)5-8-20/h4-9,14,16,18,23H,10-13,15H2,1-3H3,(H,26,30)(H,27,29). The zero-order chi connectivity index (χ0) is 25.2. The Morgan fingerprint density at radius 3 is 2.29 bits per heavy atom. The van der Waals surface area contributed by atoms with E-state index in [4.69, 9.17) is 9.47 Å². The summed E-state index contributed by atoms with van der Waals surface area (Å²) in [5.74, 6) is 0.153. The molecule has 1 unspecified atom stereocenters. The monoisotopic (exact) mass is 501 g/mol. The Morgan fingerprint density at radius 2 is 1.63 bits per heavy atom. The van der Waals surface area contributed by atoms with Crippen LogP contribution in [0.15, 0.2) is 47.4 Å². The van der Waals surface area contributed by atoms with Crippen molar-refractivity contribution < 1.29 is 27.5 Å². The number of benzene rings is 2. The van der Waals surface area contributed by atoms with E-state index in [2.05, 4.69) is 10.6 Å². The lowest BCUT2D eigenvalue weighted by Gasteiger charge is -2.35. The minimum absolute atomic E-state index is 0.101. The summed E-state index contributed by atoms with van der Waals surface area (Å²) in [7, 11) is -3.62. The molecule has 0 aliphatic carbocycles. The number of hydrogen-bond acceptors (Lipinski definition) is 6. The normalized spacial score (nSPS) is 17.3. The van der Waals surface area contributed by atoms with Crippen molar-refractivity contribution in [2.24, 2.45) is 5.92 Å². The average Bonchev–Trinajstić information content (AvgIpc) is 3.30. The first kappa shape index (κ1) is 25.0. The first-order chi connectivity index (χ1) is 16.6. The fraction of sp³-hybridized carbons (Fsp3) is 0.440. The van der Waals surface area contributed by atoms with E-state index in [1.54, 1.807) is 42.5 Å². The lowest BCUT2D eigenvalue weighted by atomic mass is 9.89. The Balaban J connectivity index is 1.47. The van der Waals surface area contributed by atoms with E-state index in [1.165, 1.54) is 4.31 Å². The van der Waals surface area contributed by atoms with Crippen LogP contribution in [0.25, 0.3) is 0 Å². The van der Waals surface area contributed by atoms with E-state index in [0.29, 0.717) is 29.9 Å². The molecule has 1 fully saturated rings. The first-order valence-corrected chi connectivity index (χ1v) is 13.2. The summed E-state index contributed by atoms with van der Waals surface area (Å²) in [6.07, 6.45) is 0.894.